The lowest BCUT2D eigenvalue weighted by molar-refractivity contribution is 0.284. The van der Waals surface area contributed by atoms with E-state index in [4.69, 9.17) is 21.1 Å². The molecule has 0 radical (unpaired) electrons. The van der Waals surface area contributed by atoms with Crippen molar-refractivity contribution in [1.29, 1.82) is 0 Å². The van der Waals surface area contributed by atoms with Crippen molar-refractivity contribution < 1.29 is 9.47 Å². The Morgan fingerprint density at radius 3 is 2.63 bits per heavy atom. The summed E-state index contributed by atoms with van der Waals surface area (Å²) in [5.41, 5.74) is 2.21. The molecule has 0 fully saturated rings. The van der Waals surface area contributed by atoms with E-state index in [9.17, 15) is 4.79 Å². The maximum atomic E-state index is 11.6. The second-order valence-corrected chi connectivity index (χ2v) is 6.39. The van der Waals surface area contributed by atoms with Crippen LogP contribution in [0.25, 0.3) is 0 Å². The molecule has 0 spiro atoms. The summed E-state index contributed by atoms with van der Waals surface area (Å²) in [4.78, 5) is 13.5. The molecule has 1 aromatic heterocycles. The lowest BCUT2D eigenvalue weighted by Gasteiger charge is -2.20. The van der Waals surface area contributed by atoms with Gasteiger partial charge in [0.1, 0.15) is 11.6 Å². The zero-order valence-corrected chi connectivity index (χ0v) is 15.9. The smallest absolute Gasteiger partial charge is 0.285 e. The number of halogens is 1. The zero-order chi connectivity index (χ0) is 19.2. The van der Waals surface area contributed by atoms with E-state index in [1.165, 1.54) is 6.20 Å². The Labute approximate surface area is 162 Å². The Morgan fingerprint density at radius 1 is 1.11 bits per heavy atom. The van der Waals surface area contributed by atoms with E-state index in [1.54, 1.807) is 7.11 Å². The van der Waals surface area contributed by atoms with E-state index in [-0.39, 0.29) is 5.02 Å². The van der Waals surface area contributed by atoms with E-state index in [1.807, 2.05) is 60.5 Å². The van der Waals surface area contributed by atoms with Crippen LogP contribution in [0.1, 0.15) is 11.1 Å². The fourth-order valence-corrected chi connectivity index (χ4v) is 2.90. The summed E-state index contributed by atoms with van der Waals surface area (Å²) in [6, 6.07) is 15.7. The number of rotatable bonds is 7. The predicted octanol–water partition coefficient (Wildman–Crippen LogP) is 3.65. The molecule has 0 aliphatic heterocycles. The molecule has 0 aliphatic carbocycles. The van der Waals surface area contributed by atoms with Crippen molar-refractivity contribution in [2.45, 2.75) is 13.2 Å². The highest BCUT2D eigenvalue weighted by molar-refractivity contribution is 6.32. The Morgan fingerprint density at radius 2 is 1.89 bits per heavy atom. The van der Waals surface area contributed by atoms with Crippen molar-refractivity contribution >= 4 is 17.3 Å². The van der Waals surface area contributed by atoms with Crippen molar-refractivity contribution in [3.05, 3.63) is 81.2 Å². The van der Waals surface area contributed by atoms with Gasteiger partial charge in [0.05, 0.1) is 19.0 Å². The molecule has 3 aromatic rings. The summed E-state index contributed by atoms with van der Waals surface area (Å²) >= 11 is 6.07. The maximum absolute atomic E-state index is 11.6. The normalized spacial score (nSPS) is 10.5. The summed E-state index contributed by atoms with van der Waals surface area (Å²) in [7, 11) is 3.45. The third-order valence-corrected chi connectivity index (χ3v) is 4.44. The van der Waals surface area contributed by atoms with E-state index >= 15 is 0 Å². The molecular formula is C20H20ClN3O3. The summed E-state index contributed by atoms with van der Waals surface area (Å²) in [5, 5.41) is 6.22. The van der Waals surface area contributed by atoms with Crippen molar-refractivity contribution in [3.63, 3.8) is 0 Å². The average molecular weight is 386 g/mol. The van der Waals surface area contributed by atoms with Gasteiger partial charge >= 0.3 is 0 Å². The monoisotopic (exact) mass is 385 g/mol. The first kappa shape index (κ1) is 18.8. The highest BCUT2D eigenvalue weighted by Crippen LogP contribution is 2.30. The van der Waals surface area contributed by atoms with Crippen LogP contribution in [0.15, 0.2) is 59.5 Å². The molecular weight excluding hydrogens is 366 g/mol. The number of ether oxygens (including phenoxy) is 2. The Bertz CT molecular complexity index is 960. The van der Waals surface area contributed by atoms with Crippen molar-refractivity contribution in [3.8, 4) is 11.5 Å². The first-order valence-corrected chi connectivity index (χ1v) is 8.74. The minimum Gasteiger partial charge on any atom is -0.493 e. The van der Waals surface area contributed by atoms with Crippen LogP contribution in [-0.2, 0) is 13.2 Å². The van der Waals surface area contributed by atoms with Gasteiger partial charge in [-0.15, -0.1) is 0 Å². The van der Waals surface area contributed by atoms with Crippen LogP contribution in [-0.4, -0.2) is 24.4 Å². The number of hydrogen-bond acceptors (Lipinski definition) is 5. The van der Waals surface area contributed by atoms with Gasteiger partial charge in [-0.3, -0.25) is 4.79 Å². The van der Waals surface area contributed by atoms with E-state index < -0.39 is 5.56 Å². The average Bonchev–Trinajstić information content (AvgIpc) is 2.69. The number of hydrogen-bond donors (Lipinski definition) is 1. The SMILES string of the molecule is COc1cc(CN(C)c2cn[nH]c(=O)c2Cl)ccc1OCc1ccccc1. The van der Waals surface area contributed by atoms with Crippen LogP contribution in [0.3, 0.4) is 0 Å². The van der Waals surface area contributed by atoms with Crippen molar-refractivity contribution in [1.82, 2.24) is 10.2 Å². The van der Waals surface area contributed by atoms with Gasteiger partial charge in [0, 0.05) is 13.6 Å². The molecule has 1 heterocycles. The van der Waals surface area contributed by atoms with Crippen LogP contribution in [0, 0.1) is 0 Å². The van der Waals surface area contributed by atoms with E-state index in [2.05, 4.69) is 10.2 Å². The number of methoxy groups -OCH3 is 1. The third-order valence-electron chi connectivity index (χ3n) is 4.07. The standard InChI is InChI=1S/C20H20ClN3O3/c1-24(16-11-22-23-20(25)19(16)21)12-15-8-9-17(18(10-15)26-2)27-13-14-6-4-3-5-7-14/h3-11H,12-13H2,1-2H3,(H,23,25). The maximum Gasteiger partial charge on any atom is 0.285 e. The van der Waals surface area contributed by atoms with Gasteiger partial charge in [0.2, 0.25) is 0 Å². The Kier molecular flexibility index (Phi) is 5.98. The molecule has 0 atom stereocenters. The van der Waals surface area contributed by atoms with E-state index in [0.717, 1.165) is 11.1 Å². The molecule has 140 valence electrons. The molecule has 0 bridgehead atoms. The number of aromatic amines is 1. The molecule has 0 unspecified atom stereocenters. The van der Waals surface area contributed by atoms with Gasteiger partial charge in [0.25, 0.3) is 5.56 Å². The van der Waals surface area contributed by atoms with Gasteiger partial charge in [-0.25, -0.2) is 5.10 Å². The summed E-state index contributed by atoms with van der Waals surface area (Å²) in [6.07, 6.45) is 1.53. The number of nitrogens with one attached hydrogen (secondary N) is 1. The van der Waals surface area contributed by atoms with Crippen LogP contribution in [0.5, 0.6) is 11.5 Å². The molecule has 1 N–H and O–H groups in total. The molecule has 27 heavy (non-hydrogen) atoms. The highest BCUT2D eigenvalue weighted by atomic mass is 35.5. The van der Waals surface area contributed by atoms with Gasteiger partial charge in [-0.1, -0.05) is 48.0 Å². The van der Waals surface area contributed by atoms with Crippen LogP contribution >= 0.6 is 11.6 Å². The van der Waals surface area contributed by atoms with Gasteiger partial charge in [-0.2, -0.15) is 5.10 Å². The van der Waals surface area contributed by atoms with Crippen LogP contribution in [0.4, 0.5) is 5.69 Å². The Hall–Kier alpha value is -2.99. The molecule has 2 aromatic carbocycles. The van der Waals surface area contributed by atoms with Crippen LogP contribution < -0.4 is 19.9 Å². The molecule has 0 amide bonds. The molecule has 0 saturated carbocycles. The highest BCUT2D eigenvalue weighted by Gasteiger charge is 2.12. The predicted molar refractivity (Wildman–Crippen MR) is 106 cm³/mol. The minimum absolute atomic E-state index is 0.113. The van der Waals surface area contributed by atoms with Crippen LogP contribution in [0.2, 0.25) is 5.02 Å². The summed E-state index contributed by atoms with van der Waals surface area (Å²) in [6.45, 7) is 0.991. The lowest BCUT2D eigenvalue weighted by Crippen LogP contribution is -2.21. The van der Waals surface area contributed by atoms with Crippen molar-refractivity contribution in [2.24, 2.45) is 0 Å². The molecule has 3 rings (SSSR count). The Balaban J connectivity index is 1.73. The number of aromatic nitrogens is 2. The molecule has 0 saturated heterocycles. The van der Waals surface area contributed by atoms with Crippen molar-refractivity contribution in [2.75, 3.05) is 19.1 Å². The first-order chi connectivity index (χ1) is 13.1. The number of anilines is 1. The number of nitrogens with zero attached hydrogens (tertiary/aromatic N) is 2. The fourth-order valence-electron chi connectivity index (χ4n) is 2.66. The summed E-state index contributed by atoms with van der Waals surface area (Å²) in [5.74, 6) is 1.32. The largest absolute Gasteiger partial charge is 0.493 e. The third kappa shape index (κ3) is 4.60. The fraction of sp³-hybridized carbons (Fsp3) is 0.200. The second-order valence-electron chi connectivity index (χ2n) is 6.01. The van der Waals surface area contributed by atoms with E-state index in [0.29, 0.717) is 30.3 Å². The molecule has 0 aliphatic rings. The topological polar surface area (TPSA) is 67.5 Å². The first-order valence-electron chi connectivity index (χ1n) is 8.36. The second kappa shape index (κ2) is 8.60. The number of H-pyrrole nitrogens is 1. The number of benzene rings is 2. The van der Waals surface area contributed by atoms with Gasteiger partial charge in [0.15, 0.2) is 11.5 Å². The lowest BCUT2D eigenvalue weighted by atomic mass is 10.2. The molecule has 6 nitrogen and oxygen atoms in total. The van der Waals surface area contributed by atoms with Gasteiger partial charge in [-0.05, 0) is 23.3 Å². The van der Waals surface area contributed by atoms with Gasteiger partial charge < -0.3 is 14.4 Å². The minimum atomic E-state index is -0.414. The molecule has 7 heteroatoms. The summed E-state index contributed by atoms with van der Waals surface area (Å²) < 4.78 is 11.3. The zero-order valence-electron chi connectivity index (χ0n) is 15.1. The quantitative estimate of drug-likeness (QED) is 0.672.